The van der Waals surface area contributed by atoms with Gasteiger partial charge in [-0.2, -0.15) is 0 Å². The highest BCUT2D eigenvalue weighted by molar-refractivity contribution is 9.10. The van der Waals surface area contributed by atoms with Crippen LogP contribution < -0.4 is 10.6 Å². The summed E-state index contributed by atoms with van der Waals surface area (Å²) in [6, 6.07) is 18.2. The molecular weight excluding hydrogens is 352 g/mol. The van der Waals surface area contributed by atoms with E-state index in [4.69, 9.17) is 0 Å². The molecule has 3 nitrogen and oxygen atoms in total. The van der Waals surface area contributed by atoms with Crippen molar-refractivity contribution < 1.29 is 4.79 Å². The number of nitrogens with one attached hydrogen (secondary N) is 2. The van der Waals surface area contributed by atoms with Gasteiger partial charge in [0.2, 0.25) is 0 Å². The Labute approximate surface area is 145 Å². The third kappa shape index (κ3) is 3.75. The Morgan fingerprint density at radius 3 is 2.43 bits per heavy atom. The van der Waals surface area contributed by atoms with Crippen LogP contribution in [0.4, 0.5) is 4.79 Å². The summed E-state index contributed by atoms with van der Waals surface area (Å²) >= 11 is 3.53. The maximum atomic E-state index is 12.2. The molecular formula is C19H21BrN2O. The first kappa shape index (κ1) is 16.1. The van der Waals surface area contributed by atoms with Crippen molar-refractivity contribution in [3.63, 3.8) is 0 Å². The molecule has 2 aromatic rings. The summed E-state index contributed by atoms with van der Waals surface area (Å²) in [7, 11) is 0. The van der Waals surface area contributed by atoms with Gasteiger partial charge in [0.05, 0.1) is 6.04 Å². The molecule has 0 aromatic heterocycles. The van der Waals surface area contributed by atoms with Crippen LogP contribution in [-0.4, -0.2) is 12.6 Å². The van der Waals surface area contributed by atoms with Crippen molar-refractivity contribution >= 4 is 22.0 Å². The average Bonchev–Trinajstić information content (AvgIpc) is 3.35. The summed E-state index contributed by atoms with van der Waals surface area (Å²) in [6.07, 6.45) is 2.27. The quantitative estimate of drug-likeness (QED) is 0.794. The largest absolute Gasteiger partial charge is 0.337 e. The maximum Gasteiger partial charge on any atom is 0.315 e. The van der Waals surface area contributed by atoms with E-state index >= 15 is 0 Å². The number of hydrogen-bond acceptors (Lipinski definition) is 1. The van der Waals surface area contributed by atoms with Gasteiger partial charge in [0.15, 0.2) is 0 Å². The van der Waals surface area contributed by atoms with Gasteiger partial charge in [0, 0.05) is 16.4 Å². The normalized spacial score (nSPS) is 16.4. The molecule has 4 heteroatoms. The van der Waals surface area contributed by atoms with Crippen LogP contribution in [0.5, 0.6) is 0 Å². The molecule has 2 amide bonds. The van der Waals surface area contributed by atoms with E-state index in [0.29, 0.717) is 6.54 Å². The number of urea groups is 1. The summed E-state index contributed by atoms with van der Waals surface area (Å²) in [6.45, 7) is 2.68. The Kier molecular flexibility index (Phi) is 4.71. The van der Waals surface area contributed by atoms with Crippen molar-refractivity contribution in [2.24, 2.45) is 0 Å². The Balaban J connectivity index is 1.55. The standard InChI is InChI=1S/C19H21BrN2O/c1-14(16-9-5-6-10-17(16)20)22-18(23)21-13-19(11-12-19)15-7-3-2-4-8-15/h2-10,14H,11-13H2,1H3,(H2,21,22,23). The summed E-state index contributed by atoms with van der Waals surface area (Å²) in [5.41, 5.74) is 2.53. The number of benzene rings is 2. The molecule has 0 spiro atoms. The maximum absolute atomic E-state index is 12.2. The van der Waals surface area contributed by atoms with Crippen LogP contribution in [0.25, 0.3) is 0 Å². The fourth-order valence-electron chi connectivity index (χ4n) is 2.91. The zero-order valence-corrected chi connectivity index (χ0v) is 14.8. The average molecular weight is 373 g/mol. The van der Waals surface area contributed by atoms with Crippen LogP contribution in [0.15, 0.2) is 59.1 Å². The van der Waals surface area contributed by atoms with Gasteiger partial charge in [0.1, 0.15) is 0 Å². The summed E-state index contributed by atoms with van der Waals surface area (Å²) in [4.78, 5) is 12.2. The SMILES string of the molecule is CC(NC(=O)NCC1(c2ccccc2)CC1)c1ccccc1Br. The lowest BCUT2D eigenvalue weighted by Crippen LogP contribution is -2.40. The van der Waals surface area contributed by atoms with E-state index in [9.17, 15) is 4.79 Å². The van der Waals surface area contributed by atoms with Crippen molar-refractivity contribution in [2.45, 2.75) is 31.2 Å². The first-order chi connectivity index (χ1) is 11.1. The number of halogens is 1. The minimum atomic E-state index is -0.115. The Hall–Kier alpha value is -1.81. The van der Waals surface area contributed by atoms with Gasteiger partial charge < -0.3 is 10.6 Å². The third-order valence-corrected chi connectivity index (χ3v) is 5.27. The van der Waals surface area contributed by atoms with E-state index in [-0.39, 0.29) is 17.5 Å². The molecule has 1 aliphatic carbocycles. The first-order valence-corrected chi connectivity index (χ1v) is 8.74. The van der Waals surface area contributed by atoms with E-state index in [1.807, 2.05) is 37.3 Å². The molecule has 1 unspecified atom stereocenters. The topological polar surface area (TPSA) is 41.1 Å². The Bertz CT molecular complexity index is 683. The lowest BCUT2D eigenvalue weighted by molar-refractivity contribution is 0.237. The lowest BCUT2D eigenvalue weighted by atomic mass is 9.96. The smallest absolute Gasteiger partial charge is 0.315 e. The number of amides is 2. The molecule has 1 atom stereocenters. The molecule has 3 rings (SSSR count). The molecule has 120 valence electrons. The highest BCUT2D eigenvalue weighted by atomic mass is 79.9. The lowest BCUT2D eigenvalue weighted by Gasteiger charge is -2.20. The van der Waals surface area contributed by atoms with Crippen LogP contribution in [0.3, 0.4) is 0 Å². The molecule has 1 aliphatic rings. The van der Waals surface area contributed by atoms with Gasteiger partial charge in [-0.25, -0.2) is 4.79 Å². The molecule has 0 aliphatic heterocycles. The molecule has 0 heterocycles. The predicted octanol–water partition coefficient (Wildman–Crippen LogP) is 4.54. The fraction of sp³-hybridized carbons (Fsp3) is 0.316. The first-order valence-electron chi connectivity index (χ1n) is 7.95. The van der Waals surface area contributed by atoms with Crippen molar-refractivity contribution in [2.75, 3.05) is 6.54 Å². The van der Waals surface area contributed by atoms with E-state index in [1.54, 1.807) is 0 Å². The van der Waals surface area contributed by atoms with Crippen LogP contribution >= 0.6 is 15.9 Å². The molecule has 0 radical (unpaired) electrons. The van der Waals surface area contributed by atoms with Gasteiger partial charge in [-0.05, 0) is 37.0 Å². The van der Waals surface area contributed by atoms with Gasteiger partial charge in [0.25, 0.3) is 0 Å². The monoisotopic (exact) mass is 372 g/mol. The molecule has 23 heavy (non-hydrogen) atoms. The predicted molar refractivity (Wildman–Crippen MR) is 96.4 cm³/mol. The van der Waals surface area contributed by atoms with E-state index < -0.39 is 0 Å². The third-order valence-electron chi connectivity index (χ3n) is 4.55. The second-order valence-corrected chi connectivity index (χ2v) is 7.07. The van der Waals surface area contributed by atoms with Crippen molar-refractivity contribution in [3.8, 4) is 0 Å². The zero-order valence-electron chi connectivity index (χ0n) is 13.2. The summed E-state index contributed by atoms with van der Waals surface area (Å²) in [5.74, 6) is 0. The van der Waals surface area contributed by atoms with E-state index in [2.05, 4.69) is 50.8 Å². The second kappa shape index (κ2) is 6.75. The van der Waals surface area contributed by atoms with E-state index in [1.165, 1.54) is 5.56 Å². The number of hydrogen-bond donors (Lipinski definition) is 2. The number of carbonyl (C=O) groups excluding carboxylic acids is 1. The van der Waals surface area contributed by atoms with Crippen molar-refractivity contribution in [1.29, 1.82) is 0 Å². The van der Waals surface area contributed by atoms with Gasteiger partial charge >= 0.3 is 6.03 Å². The highest BCUT2D eigenvalue weighted by Gasteiger charge is 2.44. The molecule has 1 fully saturated rings. The zero-order chi connectivity index (χ0) is 16.3. The Morgan fingerprint density at radius 1 is 1.13 bits per heavy atom. The van der Waals surface area contributed by atoms with Gasteiger partial charge in [-0.15, -0.1) is 0 Å². The summed E-state index contributed by atoms with van der Waals surface area (Å²) < 4.78 is 1.01. The Morgan fingerprint density at radius 2 is 1.78 bits per heavy atom. The molecule has 0 bridgehead atoms. The second-order valence-electron chi connectivity index (χ2n) is 6.22. The van der Waals surface area contributed by atoms with Gasteiger partial charge in [-0.3, -0.25) is 0 Å². The van der Waals surface area contributed by atoms with Gasteiger partial charge in [-0.1, -0.05) is 64.5 Å². The summed E-state index contributed by atoms with van der Waals surface area (Å²) in [5, 5.41) is 6.05. The molecule has 2 aromatic carbocycles. The van der Waals surface area contributed by atoms with Crippen molar-refractivity contribution in [3.05, 3.63) is 70.2 Å². The van der Waals surface area contributed by atoms with Crippen LogP contribution in [0.2, 0.25) is 0 Å². The van der Waals surface area contributed by atoms with Crippen LogP contribution in [0.1, 0.15) is 36.9 Å². The van der Waals surface area contributed by atoms with Crippen molar-refractivity contribution in [1.82, 2.24) is 10.6 Å². The van der Waals surface area contributed by atoms with Crippen LogP contribution in [0, 0.1) is 0 Å². The minimum Gasteiger partial charge on any atom is -0.337 e. The highest BCUT2D eigenvalue weighted by Crippen LogP contribution is 2.47. The number of rotatable bonds is 5. The molecule has 2 N–H and O–H groups in total. The number of carbonyl (C=O) groups is 1. The minimum absolute atomic E-state index is 0.0440. The fourth-order valence-corrected chi connectivity index (χ4v) is 3.54. The van der Waals surface area contributed by atoms with Crippen LogP contribution in [-0.2, 0) is 5.41 Å². The molecule has 1 saturated carbocycles. The molecule has 0 saturated heterocycles. The van der Waals surface area contributed by atoms with E-state index in [0.717, 1.165) is 22.9 Å².